The van der Waals surface area contributed by atoms with Crippen molar-refractivity contribution in [1.29, 1.82) is 0 Å². The Morgan fingerprint density at radius 2 is 1.57 bits per heavy atom. The van der Waals surface area contributed by atoms with Gasteiger partial charge < -0.3 is 33.8 Å². The molecule has 0 bridgehead atoms. The SMILES string of the molecule is COc1c([C@H](C)N(C)C)cc(OCc2ccccc2)c2c1C[C@H]1C[C@H]3[C@H](N(C)C)c4onc(OCc5ccccc5)c4C(=O)[C@@]3(O)C(=O)C1=C2O. The molecule has 5 atom stereocenters. The summed E-state index contributed by atoms with van der Waals surface area (Å²) in [5.74, 6) is -2.35. The molecule has 1 fully saturated rings. The normalized spacial score (nSPS) is 23.0. The first kappa shape index (κ1) is 34.5. The molecule has 266 valence electrons. The summed E-state index contributed by atoms with van der Waals surface area (Å²) < 4.78 is 24.2. The standard InChI is InChI=1S/C40H43N3O8/c1-22(42(2)3)26-19-29(49-20-23-13-9-7-10-14-23)31-27(35(26)48-6)17-25-18-28-33(43(4)5)36-32(38(46)40(28,47)37(45)30(25)34(31)44)39(41-51-36)50-21-24-15-11-8-12-16-24/h7-16,19,22,25,28,33,44,47H,17-18,20-21H2,1-6H3/t22-,25-,28-,33-,40-/m0/s1. The Morgan fingerprint density at radius 1 is 0.941 bits per heavy atom. The molecule has 4 aromatic rings. The van der Waals surface area contributed by atoms with Crippen LogP contribution in [0.25, 0.3) is 5.76 Å². The molecular weight excluding hydrogens is 650 g/mol. The molecule has 0 radical (unpaired) electrons. The van der Waals surface area contributed by atoms with Crippen LogP contribution in [0.2, 0.25) is 0 Å². The van der Waals surface area contributed by atoms with Crippen LogP contribution in [-0.2, 0) is 24.4 Å². The second kappa shape index (κ2) is 13.3. The summed E-state index contributed by atoms with van der Waals surface area (Å²) in [6.07, 6.45) is 0.516. The molecule has 0 aliphatic heterocycles. The van der Waals surface area contributed by atoms with Crippen LogP contribution in [0.3, 0.4) is 0 Å². The molecule has 1 saturated carbocycles. The number of aliphatic hydroxyl groups excluding tert-OH is 1. The molecule has 3 aliphatic rings. The summed E-state index contributed by atoms with van der Waals surface area (Å²) >= 11 is 0. The summed E-state index contributed by atoms with van der Waals surface area (Å²) in [5, 5.41) is 28.7. The van der Waals surface area contributed by atoms with Crippen molar-refractivity contribution in [3.63, 3.8) is 0 Å². The van der Waals surface area contributed by atoms with E-state index in [-0.39, 0.29) is 54.2 Å². The van der Waals surface area contributed by atoms with Crippen molar-refractivity contribution in [2.75, 3.05) is 35.3 Å². The van der Waals surface area contributed by atoms with Gasteiger partial charge >= 0.3 is 0 Å². The Morgan fingerprint density at radius 3 is 2.16 bits per heavy atom. The van der Waals surface area contributed by atoms with Crippen molar-refractivity contribution in [3.05, 3.63) is 111 Å². The van der Waals surface area contributed by atoms with Gasteiger partial charge in [-0.3, -0.25) is 14.5 Å². The van der Waals surface area contributed by atoms with Gasteiger partial charge in [0.2, 0.25) is 11.6 Å². The molecule has 0 unspecified atom stereocenters. The monoisotopic (exact) mass is 693 g/mol. The topological polar surface area (TPSA) is 135 Å². The van der Waals surface area contributed by atoms with Crippen molar-refractivity contribution < 1.29 is 38.5 Å². The van der Waals surface area contributed by atoms with Gasteiger partial charge in [-0.1, -0.05) is 60.7 Å². The zero-order chi connectivity index (χ0) is 36.2. The summed E-state index contributed by atoms with van der Waals surface area (Å²) in [4.78, 5) is 33.1. The molecule has 3 aromatic carbocycles. The highest BCUT2D eigenvalue weighted by Crippen LogP contribution is 2.57. The highest BCUT2D eigenvalue weighted by atomic mass is 16.5. The maximum Gasteiger partial charge on any atom is 0.265 e. The summed E-state index contributed by atoms with van der Waals surface area (Å²) in [7, 11) is 9.14. The molecule has 11 nitrogen and oxygen atoms in total. The molecular formula is C40H43N3O8. The second-order valence-corrected chi connectivity index (χ2v) is 14.1. The molecule has 51 heavy (non-hydrogen) atoms. The van der Waals surface area contributed by atoms with Crippen LogP contribution in [0.15, 0.2) is 76.8 Å². The van der Waals surface area contributed by atoms with E-state index < -0.39 is 35.0 Å². The zero-order valence-corrected chi connectivity index (χ0v) is 29.7. The van der Waals surface area contributed by atoms with Crippen molar-refractivity contribution in [2.24, 2.45) is 11.8 Å². The highest BCUT2D eigenvalue weighted by molar-refractivity contribution is 6.26. The zero-order valence-electron chi connectivity index (χ0n) is 29.7. The molecule has 0 amide bonds. The van der Waals surface area contributed by atoms with Gasteiger partial charge in [-0.2, -0.15) is 0 Å². The number of fused-ring (bicyclic) bond motifs is 4. The summed E-state index contributed by atoms with van der Waals surface area (Å²) in [6.45, 7) is 2.37. The number of hydrogen-bond donors (Lipinski definition) is 2. The minimum absolute atomic E-state index is 0.00112. The van der Waals surface area contributed by atoms with Crippen LogP contribution in [0, 0.1) is 11.8 Å². The molecule has 1 heterocycles. The predicted octanol–water partition coefficient (Wildman–Crippen LogP) is 5.72. The van der Waals surface area contributed by atoms with Crippen LogP contribution in [0.1, 0.15) is 69.4 Å². The summed E-state index contributed by atoms with van der Waals surface area (Å²) in [5.41, 5.74) is 1.09. The Labute approximate surface area is 297 Å². The van der Waals surface area contributed by atoms with Crippen LogP contribution in [-0.4, -0.2) is 77.6 Å². The van der Waals surface area contributed by atoms with E-state index in [0.29, 0.717) is 29.0 Å². The first-order valence-corrected chi connectivity index (χ1v) is 17.1. The van der Waals surface area contributed by atoms with Crippen LogP contribution >= 0.6 is 0 Å². The third kappa shape index (κ3) is 5.60. The van der Waals surface area contributed by atoms with Crippen molar-refractivity contribution in [1.82, 2.24) is 15.0 Å². The first-order chi connectivity index (χ1) is 24.5. The van der Waals surface area contributed by atoms with Gasteiger partial charge in [0.15, 0.2) is 11.4 Å². The van der Waals surface area contributed by atoms with Crippen LogP contribution < -0.4 is 14.2 Å². The van der Waals surface area contributed by atoms with E-state index in [9.17, 15) is 19.8 Å². The fraction of sp³-hybridized carbons (Fsp3) is 0.375. The Kier molecular flexibility index (Phi) is 8.99. The Hall–Kier alpha value is -4.97. The Bertz CT molecular complexity index is 2000. The average Bonchev–Trinajstić information content (AvgIpc) is 3.54. The van der Waals surface area contributed by atoms with Gasteiger partial charge in [0, 0.05) is 28.7 Å². The number of nitrogens with zero attached hydrogens (tertiary/aromatic N) is 3. The number of ether oxygens (including phenoxy) is 3. The third-order valence-electron chi connectivity index (χ3n) is 10.7. The first-order valence-electron chi connectivity index (χ1n) is 17.1. The van der Waals surface area contributed by atoms with E-state index in [2.05, 4.69) is 17.0 Å². The van der Waals surface area contributed by atoms with E-state index in [1.165, 1.54) is 0 Å². The van der Waals surface area contributed by atoms with E-state index in [1.807, 2.05) is 85.7 Å². The number of ketones is 2. The quantitative estimate of drug-likeness (QED) is 0.198. The average molecular weight is 694 g/mol. The maximum atomic E-state index is 14.8. The number of benzene rings is 3. The lowest BCUT2D eigenvalue weighted by molar-refractivity contribution is -0.142. The number of aromatic nitrogens is 1. The number of hydrogen-bond acceptors (Lipinski definition) is 11. The maximum absolute atomic E-state index is 14.8. The van der Waals surface area contributed by atoms with E-state index >= 15 is 0 Å². The van der Waals surface area contributed by atoms with Crippen molar-refractivity contribution in [3.8, 4) is 17.4 Å². The third-order valence-corrected chi connectivity index (χ3v) is 10.7. The Balaban J connectivity index is 1.35. The molecule has 3 aliphatic carbocycles. The molecule has 11 heteroatoms. The second-order valence-electron chi connectivity index (χ2n) is 14.1. The predicted molar refractivity (Wildman–Crippen MR) is 189 cm³/mol. The number of carbonyl (C=O) groups is 2. The fourth-order valence-electron chi connectivity index (χ4n) is 7.99. The highest BCUT2D eigenvalue weighted by Gasteiger charge is 2.65. The number of Topliss-reactive ketones (excluding diaryl/α,β-unsaturated/α-hetero) is 2. The van der Waals surface area contributed by atoms with Crippen LogP contribution in [0.4, 0.5) is 0 Å². The van der Waals surface area contributed by atoms with Gasteiger partial charge in [0.25, 0.3) is 5.88 Å². The number of carbonyl (C=O) groups excluding carboxylic acids is 2. The molecule has 7 rings (SSSR count). The van der Waals surface area contributed by atoms with Gasteiger partial charge in [0.1, 0.15) is 36.0 Å². The van der Waals surface area contributed by atoms with Crippen molar-refractivity contribution in [2.45, 2.75) is 50.7 Å². The van der Waals surface area contributed by atoms with Crippen molar-refractivity contribution >= 4 is 17.3 Å². The van der Waals surface area contributed by atoms with Gasteiger partial charge in [-0.25, -0.2) is 0 Å². The van der Waals surface area contributed by atoms with E-state index in [0.717, 1.165) is 16.7 Å². The fourth-order valence-corrected chi connectivity index (χ4v) is 7.99. The van der Waals surface area contributed by atoms with E-state index in [4.69, 9.17) is 18.7 Å². The van der Waals surface area contributed by atoms with Gasteiger partial charge in [-0.05, 0) is 76.2 Å². The lowest BCUT2D eigenvalue weighted by atomic mass is 9.57. The molecule has 0 spiro atoms. The summed E-state index contributed by atoms with van der Waals surface area (Å²) in [6, 6.07) is 20.1. The molecule has 1 aromatic heterocycles. The van der Waals surface area contributed by atoms with Gasteiger partial charge in [0.05, 0.1) is 18.7 Å². The number of aliphatic hydroxyl groups is 2. The number of methoxy groups -OCH3 is 1. The lowest BCUT2D eigenvalue weighted by Gasteiger charge is -2.49. The largest absolute Gasteiger partial charge is 0.507 e. The minimum Gasteiger partial charge on any atom is -0.507 e. The minimum atomic E-state index is -2.51. The number of rotatable bonds is 10. The lowest BCUT2D eigenvalue weighted by Crippen LogP contribution is -2.63. The molecule has 0 saturated heterocycles. The van der Waals surface area contributed by atoms with Crippen LogP contribution in [0.5, 0.6) is 17.4 Å². The molecule has 2 N–H and O–H groups in total. The van der Waals surface area contributed by atoms with E-state index in [1.54, 1.807) is 21.2 Å². The van der Waals surface area contributed by atoms with Gasteiger partial charge in [-0.15, -0.1) is 0 Å². The smallest absolute Gasteiger partial charge is 0.265 e.